The highest BCUT2D eigenvalue weighted by molar-refractivity contribution is 6.13. The first-order chi connectivity index (χ1) is 35.6. The number of amides is 2. The van der Waals surface area contributed by atoms with E-state index in [0.29, 0.717) is 72.2 Å². The van der Waals surface area contributed by atoms with E-state index in [4.69, 9.17) is 23.7 Å². The molecule has 0 saturated heterocycles. The molecular weight excluding hydrogens is 929 g/mol. The number of aliphatic hydroxyl groups is 3. The van der Waals surface area contributed by atoms with Gasteiger partial charge in [-0.25, -0.2) is 0 Å². The second kappa shape index (κ2) is 20.0. The number of phenolic OH excluding ortho intramolecular Hbond substituents is 1. The maximum absolute atomic E-state index is 13.6. The second-order valence-electron chi connectivity index (χ2n) is 20.9. The van der Waals surface area contributed by atoms with Gasteiger partial charge in [0.2, 0.25) is 5.75 Å². The largest absolute Gasteiger partial charge is 0.502 e. The molecule has 4 aliphatic carbocycles. The van der Waals surface area contributed by atoms with Crippen LogP contribution < -0.4 is 39.6 Å². The molecule has 0 unspecified atom stereocenters. The van der Waals surface area contributed by atoms with Gasteiger partial charge < -0.3 is 54.7 Å². The monoisotopic (exact) mass is 996 g/mol. The van der Waals surface area contributed by atoms with Crippen molar-refractivity contribution in [2.75, 3.05) is 65.7 Å². The van der Waals surface area contributed by atoms with Crippen molar-refractivity contribution in [1.82, 2.24) is 15.5 Å². The molecule has 4 aromatic carbocycles. The Bertz CT molecular complexity index is 2840. The van der Waals surface area contributed by atoms with E-state index in [9.17, 15) is 30.0 Å². The number of nitrogens with one attached hydrogen (secondary N) is 3. The predicted octanol–water partition coefficient (Wildman–Crippen LogP) is 7.33. The summed E-state index contributed by atoms with van der Waals surface area (Å²) in [4.78, 5) is 28.8. The molecule has 4 aromatic rings. The van der Waals surface area contributed by atoms with Crippen molar-refractivity contribution in [1.29, 1.82) is 0 Å². The average molecular weight is 997 g/mol. The third-order valence-electron chi connectivity index (χ3n) is 17.4. The van der Waals surface area contributed by atoms with Crippen LogP contribution in [0.1, 0.15) is 115 Å². The van der Waals surface area contributed by atoms with Gasteiger partial charge in [0.1, 0.15) is 30.6 Å². The highest BCUT2D eigenvalue weighted by Gasteiger charge is 2.60. The lowest BCUT2D eigenvalue weighted by Gasteiger charge is -2.60. The van der Waals surface area contributed by atoms with Crippen molar-refractivity contribution in [3.05, 3.63) is 106 Å². The van der Waals surface area contributed by atoms with Gasteiger partial charge in [0, 0.05) is 76.0 Å². The van der Waals surface area contributed by atoms with Crippen molar-refractivity contribution >= 4 is 23.6 Å². The Labute approximate surface area is 426 Å². The zero-order valence-electron chi connectivity index (χ0n) is 42.0. The Balaban J connectivity index is 0.935. The highest BCUT2D eigenvalue weighted by atomic mass is 16.5. The predicted molar refractivity (Wildman–Crippen MR) is 275 cm³/mol. The number of carbonyl (C=O) groups is 2. The standard InChI is InChI=1S/C58H68N4O11/c1-4-60-32-73-45-28-43(70-24-23-59-2)36-15-16-37-50-42(61-56(68)53(45)52(36)50)27-44-51(37)54(66)38(31-72-44)34-25-46(69-3)55(67)47(26-34)71-30-35(29-63)58-22-10-13-40(41(58)17-14-33-11-6-7-12-39(33)58)57(20-8-5-9-21-57)62-48(64)18-19-49(62)65/h6-7,11-12,14,17-19,25-28,35,38,40-41,54,56,59-61,63,66-68H,4-5,8-10,13,15-16,20-24,29-32H2,1-3H3/t35-,38-,40-,41+,54-,56+,58-/m0/s1. The number of fused-ring (bicyclic) bond motifs is 5. The third kappa shape index (κ3) is 8.04. The Hall–Kier alpha value is -6.10. The fraction of sp³-hybridized carbons (Fsp3) is 0.483. The van der Waals surface area contributed by atoms with Gasteiger partial charge in [-0.15, -0.1) is 0 Å². The molecular formula is C58H68N4O11. The van der Waals surface area contributed by atoms with Gasteiger partial charge in [0.05, 0.1) is 44.1 Å². The fourth-order valence-corrected chi connectivity index (χ4v) is 14.2. The normalized spacial score (nSPS) is 25.4. The lowest BCUT2D eigenvalue weighted by Crippen LogP contribution is -2.64. The minimum absolute atomic E-state index is 0.0303. The molecule has 0 bridgehead atoms. The van der Waals surface area contributed by atoms with E-state index in [1.54, 1.807) is 17.0 Å². The van der Waals surface area contributed by atoms with Crippen LogP contribution in [0, 0.1) is 17.8 Å². The van der Waals surface area contributed by atoms with Crippen LogP contribution in [0.5, 0.6) is 34.5 Å². The number of nitrogens with zero attached hydrogens (tertiary/aromatic N) is 1. The SMILES string of the molecule is CCNCOc1cc(OCCNC)c2c3c1[C@@H](O)Nc1cc4c(c(c1-3)CC2)[C@@H](O)[C@H](c1cc(OC)c(O)c(OC[C@H](CO)[C@]23CCC[C@H](C5(N6C(=O)C=CC6=O)CCCCC5)[C@H]2C=Cc2ccccc23)c1)CO4. The summed E-state index contributed by atoms with van der Waals surface area (Å²) in [6, 6.07) is 15.5. The minimum atomic E-state index is -1.07. The Morgan fingerprint density at radius 3 is 2.42 bits per heavy atom. The molecule has 2 amide bonds. The van der Waals surface area contributed by atoms with Gasteiger partial charge in [-0.3, -0.25) is 19.8 Å². The first-order valence-electron chi connectivity index (χ1n) is 26.3. The zero-order chi connectivity index (χ0) is 50.6. The van der Waals surface area contributed by atoms with E-state index >= 15 is 0 Å². The molecule has 3 heterocycles. The van der Waals surface area contributed by atoms with Crippen LogP contribution in [0.4, 0.5) is 5.69 Å². The minimum Gasteiger partial charge on any atom is -0.502 e. The third-order valence-corrected chi connectivity index (χ3v) is 17.4. The lowest BCUT2D eigenvalue weighted by molar-refractivity contribution is -0.153. The number of phenols is 1. The molecule has 386 valence electrons. The summed E-state index contributed by atoms with van der Waals surface area (Å²) in [7, 11) is 3.35. The van der Waals surface area contributed by atoms with Crippen LogP contribution in [0.25, 0.3) is 17.2 Å². The van der Waals surface area contributed by atoms with E-state index in [0.717, 1.165) is 84.7 Å². The van der Waals surface area contributed by atoms with Crippen LogP contribution in [0.2, 0.25) is 0 Å². The average Bonchev–Trinajstić information content (AvgIpc) is 3.76. The fourth-order valence-electron chi connectivity index (χ4n) is 14.2. The zero-order valence-corrected chi connectivity index (χ0v) is 42.0. The molecule has 15 heteroatoms. The molecule has 2 saturated carbocycles. The van der Waals surface area contributed by atoms with Gasteiger partial charge in [-0.1, -0.05) is 69.0 Å². The molecule has 0 aromatic heterocycles. The van der Waals surface area contributed by atoms with Crippen LogP contribution >= 0.6 is 0 Å². The van der Waals surface area contributed by atoms with E-state index in [-0.39, 0.29) is 67.5 Å². The maximum Gasteiger partial charge on any atom is 0.254 e. The smallest absolute Gasteiger partial charge is 0.254 e. The molecule has 15 nitrogen and oxygen atoms in total. The number of hydrogen-bond acceptors (Lipinski definition) is 14. The summed E-state index contributed by atoms with van der Waals surface area (Å²) in [6.07, 6.45) is 13.1. The summed E-state index contributed by atoms with van der Waals surface area (Å²) >= 11 is 0. The van der Waals surface area contributed by atoms with Gasteiger partial charge in [-0.2, -0.15) is 0 Å². The number of benzene rings is 4. The summed E-state index contributed by atoms with van der Waals surface area (Å²) in [6.45, 7) is 3.93. The van der Waals surface area contributed by atoms with E-state index < -0.39 is 35.1 Å². The number of imide groups is 1. The molecule has 7 aliphatic rings. The molecule has 73 heavy (non-hydrogen) atoms. The molecule has 11 rings (SSSR count). The molecule has 2 fully saturated rings. The van der Waals surface area contributed by atoms with Crippen molar-refractivity contribution in [3.8, 4) is 45.6 Å². The second-order valence-corrected chi connectivity index (χ2v) is 20.9. The highest BCUT2D eigenvalue weighted by Crippen LogP contribution is 2.61. The summed E-state index contributed by atoms with van der Waals surface area (Å²) in [5, 5.41) is 57.5. The van der Waals surface area contributed by atoms with Crippen molar-refractivity contribution in [3.63, 3.8) is 0 Å². The molecule has 0 spiro atoms. The van der Waals surface area contributed by atoms with Gasteiger partial charge in [-0.05, 0) is 98.3 Å². The summed E-state index contributed by atoms with van der Waals surface area (Å²) in [5.74, 6) is 0.0449. The van der Waals surface area contributed by atoms with Crippen molar-refractivity contribution in [2.45, 2.75) is 100 Å². The Morgan fingerprint density at radius 2 is 1.66 bits per heavy atom. The molecule has 7 atom stereocenters. The number of likely N-dealkylation sites (N-methyl/N-ethyl adjacent to an activating group) is 1. The molecule has 0 radical (unpaired) electrons. The topological polar surface area (TPSA) is 201 Å². The van der Waals surface area contributed by atoms with Gasteiger partial charge in [0.25, 0.3) is 11.8 Å². The van der Waals surface area contributed by atoms with Crippen LogP contribution in [-0.2, 0) is 27.8 Å². The van der Waals surface area contributed by atoms with E-state index in [1.165, 1.54) is 19.3 Å². The molecule has 7 N–H and O–H groups in total. The van der Waals surface area contributed by atoms with E-state index in [1.807, 2.05) is 38.2 Å². The Kier molecular flexibility index (Phi) is 13.4. The number of ether oxygens (including phenoxy) is 5. The van der Waals surface area contributed by atoms with Crippen LogP contribution in [0.15, 0.2) is 66.8 Å². The van der Waals surface area contributed by atoms with Crippen LogP contribution in [-0.4, -0.2) is 103 Å². The van der Waals surface area contributed by atoms with Gasteiger partial charge in [0.15, 0.2) is 17.7 Å². The number of aliphatic hydroxyl groups excluding tert-OH is 3. The number of hydrogen-bond donors (Lipinski definition) is 7. The number of allylic oxidation sites excluding steroid dienone is 1. The number of methoxy groups -OCH3 is 1. The lowest BCUT2D eigenvalue weighted by atomic mass is 9.47. The number of rotatable bonds is 17. The van der Waals surface area contributed by atoms with Gasteiger partial charge >= 0.3 is 0 Å². The first kappa shape index (κ1) is 49.1. The summed E-state index contributed by atoms with van der Waals surface area (Å²) in [5.41, 5.74) is 7.02. The number of aromatic hydroxyl groups is 1. The summed E-state index contributed by atoms with van der Waals surface area (Å²) < 4.78 is 31.7. The van der Waals surface area contributed by atoms with E-state index in [2.05, 4.69) is 40.2 Å². The van der Waals surface area contributed by atoms with Crippen molar-refractivity contribution in [2.24, 2.45) is 17.8 Å². The first-order valence-corrected chi connectivity index (χ1v) is 26.3. The molecule has 3 aliphatic heterocycles. The number of anilines is 1. The number of carbonyl (C=O) groups excluding carboxylic acids is 2. The van der Waals surface area contributed by atoms with Crippen molar-refractivity contribution < 1.29 is 53.7 Å². The quantitative estimate of drug-likeness (QED) is 0.0315. The van der Waals surface area contributed by atoms with Crippen LogP contribution in [0.3, 0.4) is 0 Å². The Morgan fingerprint density at radius 1 is 0.877 bits per heavy atom. The maximum atomic E-state index is 13.6.